The predicted octanol–water partition coefficient (Wildman–Crippen LogP) is 4.74. The van der Waals surface area contributed by atoms with E-state index in [0.29, 0.717) is 22.5 Å². The zero-order valence-corrected chi connectivity index (χ0v) is 16.5. The van der Waals surface area contributed by atoms with E-state index in [9.17, 15) is 9.18 Å². The molecule has 0 unspecified atom stereocenters. The summed E-state index contributed by atoms with van der Waals surface area (Å²) in [6.07, 6.45) is 2.89. The van der Waals surface area contributed by atoms with Gasteiger partial charge in [-0.1, -0.05) is 41.1 Å². The number of anilines is 1. The van der Waals surface area contributed by atoms with Gasteiger partial charge in [0.05, 0.1) is 17.7 Å². The molecule has 0 atom stereocenters. The van der Waals surface area contributed by atoms with Crippen LogP contribution in [-0.2, 0) is 11.2 Å². The van der Waals surface area contributed by atoms with Crippen molar-refractivity contribution in [1.29, 1.82) is 0 Å². The molecule has 2 heterocycles. The number of hydrogen-bond donors (Lipinski definition) is 1. The van der Waals surface area contributed by atoms with Gasteiger partial charge in [0, 0.05) is 11.8 Å². The van der Waals surface area contributed by atoms with Gasteiger partial charge in [-0.3, -0.25) is 10.1 Å². The number of halogens is 1. The summed E-state index contributed by atoms with van der Waals surface area (Å²) in [5.41, 5.74) is 4.92. The predicted molar refractivity (Wildman–Crippen MR) is 111 cm³/mol. The quantitative estimate of drug-likeness (QED) is 0.522. The maximum atomic E-state index is 13.9. The Hall–Kier alpha value is -3.87. The van der Waals surface area contributed by atoms with E-state index < -0.39 is 11.7 Å². The second-order valence-electron chi connectivity index (χ2n) is 6.96. The number of aryl methyl sites for hydroxylation is 2. The molecule has 7 heteroatoms. The molecule has 2 aromatic carbocycles. The molecule has 0 aliphatic heterocycles. The van der Waals surface area contributed by atoms with Gasteiger partial charge in [-0.2, -0.15) is 0 Å². The van der Waals surface area contributed by atoms with Crippen molar-refractivity contribution in [1.82, 2.24) is 15.1 Å². The molecule has 1 N–H and O–H groups in total. The molecule has 150 valence electrons. The summed E-state index contributed by atoms with van der Waals surface area (Å²) in [7, 11) is 0. The van der Waals surface area contributed by atoms with E-state index in [-0.39, 0.29) is 12.3 Å². The molecule has 4 aromatic rings. The van der Waals surface area contributed by atoms with E-state index in [1.54, 1.807) is 30.5 Å². The smallest absolute Gasteiger partial charge is 0.241 e. The van der Waals surface area contributed by atoms with Gasteiger partial charge < -0.3 is 4.52 Å². The average Bonchev–Trinajstić information content (AvgIpc) is 3.15. The van der Waals surface area contributed by atoms with Gasteiger partial charge in [0.15, 0.2) is 0 Å². The zero-order chi connectivity index (χ0) is 21.1. The molecule has 0 spiro atoms. The number of nitrogens with one attached hydrogen (secondary N) is 1. The first-order valence-corrected chi connectivity index (χ1v) is 9.40. The van der Waals surface area contributed by atoms with Crippen LogP contribution in [0.3, 0.4) is 0 Å². The normalized spacial score (nSPS) is 10.8. The van der Waals surface area contributed by atoms with Gasteiger partial charge >= 0.3 is 0 Å². The van der Waals surface area contributed by atoms with E-state index in [4.69, 9.17) is 4.52 Å². The Balaban J connectivity index is 1.74. The first kappa shape index (κ1) is 19.4. The minimum atomic E-state index is -0.433. The van der Waals surface area contributed by atoms with Crippen LogP contribution in [0.15, 0.2) is 65.6 Å². The van der Waals surface area contributed by atoms with Crippen molar-refractivity contribution in [3.63, 3.8) is 0 Å². The van der Waals surface area contributed by atoms with E-state index in [1.807, 2.05) is 32.0 Å². The Kier molecular flexibility index (Phi) is 5.34. The number of amides is 1. The van der Waals surface area contributed by atoms with Crippen LogP contribution < -0.4 is 5.32 Å². The Morgan fingerprint density at radius 1 is 1.13 bits per heavy atom. The van der Waals surface area contributed by atoms with Crippen LogP contribution in [0.4, 0.5) is 10.3 Å². The van der Waals surface area contributed by atoms with Crippen LogP contribution in [0.2, 0.25) is 0 Å². The summed E-state index contributed by atoms with van der Waals surface area (Å²) in [5, 5.41) is 6.93. The summed E-state index contributed by atoms with van der Waals surface area (Å²) in [6.45, 7) is 3.97. The number of hydrogen-bond acceptors (Lipinski definition) is 5. The molecule has 0 aliphatic carbocycles. The molecule has 4 rings (SSSR count). The first-order chi connectivity index (χ1) is 14.5. The van der Waals surface area contributed by atoms with Gasteiger partial charge in [-0.15, -0.1) is 0 Å². The number of benzene rings is 2. The van der Waals surface area contributed by atoms with Crippen molar-refractivity contribution in [2.75, 3.05) is 5.32 Å². The van der Waals surface area contributed by atoms with Crippen LogP contribution >= 0.6 is 0 Å². The first-order valence-electron chi connectivity index (χ1n) is 9.40. The number of carbonyl (C=O) groups is 1. The van der Waals surface area contributed by atoms with Gasteiger partial charge in [0.1, 0.15) is 17.8 Å². The fourth-order valence-corrected chi connectivity index (χ4v) is 3.21. The summed E-state index contributed by atoms with van der Waals surface area (Å²) in [5.74, 6) is -0.692. The Morgan fingerprint density at radius 2 is 1.97 bits per heavy atom. The van der Waals surface area contributed by atoms with Crippen molar-refractivity contribution in [3.8, 4) is 22.5 Å². The minimum Gasteiger partial charge on any atom is -0.337 e. The lowest BCUT2D eigenvalue weighted by atomic mass is 9.98. The third-order valence-corrected chi connectivity index (χ3v) is 4.74. The second-order valence-corrected chi connectivity index (χ2v) is 6.96. The SMILES string of the molecule is Cc1ccc(C)c(-c2noc(NC(=O)Cc3ccccc3F)c2-c2ccncn2)c1. The Morgan fingerprint density at radius 3 is 2.73 bits per heavy atom. The maximum Gasteiger partial charge on any atom is 0.241 e. The fraction of sp³-hybridized carbons (Fsp3) is 0.130. The summed E-state index contributed by atoms with van der Waals surface area (Å²) >= 11 is 0. The molecule has 0 bridgehead atoms. The largest absolute Gasteiger partial charge is 0.337 e. The summed E-state index contributed by atoms with van der Waals surface area (Å²) in [6, 6.07) is 13.9. The lowest BCUT2D eigenvalue weighted by molar-refractivity contribution is -0.115. The third-order valence-electron chi connectivity index (χ3n) is 4.74. The van der Waals surface area contributed by atoms with E-state index >= 15 is 0 Å². The highest BCUT2D eigenvalue weighted by Crippen LogP contribution is 2.38. The number of carbonyl (C=O) groups excluding carboxylic acids is 1. The molecule has 1 amide bonds. The topological polar surface area (TPSA) is 80.9 Å². The fourth-order valence-electron chi connectivity index (χ4n) is 3.21. The van der Waals surface area contributed by atoms with Crippen LogP contribution in [0.5, 0.6) is 0 Å². The number of rotatable bonds is 5. The molecule has 6 nitrogen and oxygen atoms in total. The lowest BCUT2D eigenvalue weighted by Crippen LogP contribution is -2.15. The highest BCUT2D eigenvalue weighted by Gasteiger charge is 2.23. The average molecular weight is 402 g/mol. The minimum absolute atomic E-state index is 0.130. The Bertz CT molecular complexity index is 1210. The van der Waals surface area contributed by atoms with Crippen LogP contribution in [0.1, 0.15) is 16.7 Å². The van der Waals surface area contributed by atoms with E-state index in [2.05, 4.69) is 20.4 Å². The molecule has 0 saturated heterocycles. The molecular weight excluding hydrogens is 383 g/mol. The van der Waals surface area contributed by atoms with Crippen molar-refractivity contribution >= 4 is 11.8 Å². The highest BCUT2D eigenvalue weighted by atomic mass is 19.1. The molecule has 0 radical (unpaired) electrons. The van der Waals surface area contributed by atoms with Gasteiger partial charge in [0.25, 0.3) is 0 Å². The molecule has 0 aliphatic rings. The third kappa shape index (κ3) is 3.96. The molecular formula is C23H19FN4O2. The van der Waals surface area contributed by atoms with Crippen molar-refractivity contribution < 1.29 is 13.7 Å². The maximum absolute atomic E-state index is 13.9. The summed E-state index contributed by atoms with van der Waals surface area (Å²) < 4.78 is 19.4. The van der Waals surface area contributed by atoms with Gasteiger partial charge in [-0.25, -0.2) is 14.4 Å². The molecule has 2 aromatic heterocycles. The monoisotopic (exact) mass is 402 g/mol. The zero-order valence-electron chi connectivity index (χ0n) is 16.5. The summed E-state index contributed by atoms with van der Waals surface area (Å²) in [4.78, 5) is 20.8. The van der Waals surface area contributed by atoms with E-state index in [1.165, 1.54) is 12.4 Å². The Labute approximate surface area is 172 Å². The molecule has 30 heavy (non-hydrogen) atoms. The molecule has 0 saturated carbocycles. The molecule has 0 fully saturated rings. The van der Waals surface area contributed by atoms with E-state index in [0.717, 1.165) is 16.7 Å². The van der Waals surface area contributed by atoms with Crippen molar-refractivity contribution in [2.45, 2.75) is 20.3 Å². The van der Waals surface area contributed by atoms with Crippen molar-refractivity contribution in [3.05, 3.63) is 83.6 Å². The number of aromatic nitrogens is 3. The van der Waals surface area contributed by atoms with Crippen LogP contribution in [0.25, 0.3) is 22.5 Å². The van der Waals surface area contributed by atoms with Crippen LogP contribution in [0, 0.1) is 19.7 Å². The lowest BCUT2D eigenvalue weighted by Gasteiger charge is -2.08. The second kappa shape index (κ2) is 8.24. The van der Waals surface area contributed by atoms with Crippen molar-refractivity contribution in [2.24, 2.45) is 0 Å². The van der Waals surface area contributed by atoms with Crippen LogP contribution in [-0.4, -0.2) is 21.0 Å². The van der Waals surface area contributed by atoms with Gasteiger partial charge in [0.2, 0.25) is 11.8 Å². The highest BCUT2D eigenvalue weighted by molar-refractivity contribution is 5.97. The number of nitrogens with zero attached hydrogens (tertiary/aromatic N) is 3. The standard InChI is InChI=1S/C23H19FN4O2/c1-14-7-8-15(2)17(11-14)22-21(19-9-10-25-13-26-19)23(30-28-22)27-20(29)12-16-5-3-4-6-18(16)24/h3-11,13H,12H2,1-2H3,(H,27,29). The van der Waals surface area contributed by atoms with Gasteiger partial charge in [-0.05, 0) is 43.2 Å².